The molecule has 6 heteroatoms. The summed E-state index contributed by atoms with van der Waals surface area (Å²) in [6.07, 6.45) is 0. The van der Waals surface area contributed by atoms with E-state index in [1.54, 1.807) is 42.3 Å². The second-order valence-corrected chi connectivity index (χ2v) is 6.14. The van der Waals surface area contributed by atoms with Crippen LogP contribution in [-0.4, -0.2) is 36.5 Å². The van der Waals surface area contributed by atoms with Crippen molar-refractivity contribution in [2.45, 2.75) is 19.5 Å². The highest BCUT2D eigenvalue weighted by molar-refractivity contribution is 5.99. The lowest BCUT2D eigenvalue weighted by Gasteiger charge is -2.23. The van der Waals surface area contributed by atoms with Gasteiger partial charge in [-0.05, 0) is 48.9 Å². The normalized spacial score (nSPS) is 13.9. The van der Waals surface area contributed by atoms with Crippen LogP contribution < -0.4 is 4.74 Å². The van der Waals surface area contributed by atoms with Gasteiger partial charge in [-0.15, -0.1) is 0 Å². The number of methoxy groups -OCH3 is 1. The minimum atomic E-state index is -0.538. The smallest absolute Gasteiger partial charge is 0.343 e. The molecule has 0 saturated carbocycles. The molecule has 0 N–H and O–H groups in total. The number of carbonyl (C=O) groups excluding carboxylic acids is 2. The number of amides is 1. The predicted octanol–water partition coefficient (Wildman–Crippen LogP) is 2.77. The molecular weight excluding hydrogens is 332 g/mol. The maximum absolute atomic E-state index is 12.6. The Morgan fingerprint density at radius 3 is 2.65 bits per heavy atom. The van der Waals surface area contributed by atoms with Crippen LogP contribution in [0.25, 0.3) is 0 Å². The molecule has 1 aliphatic heterocycles. The molecular formula is C20H18N2O4. The number of hydrogen-bond donors (Lipinski definition) is 0. The van der Waals surface area contributed by atoms with E-state index < -0.39 is 5.97 Å². The number of nitrogens with zero attached hydrogens (tertiary/aromatic N) is 2. The fourth-order valence-electron chi connectivity index (χ4n) is 2.90. The van der Waals surface area contributed by atoms with E-state index in [1.807, 2.05) is 13.0 Å². The lowest BCUT2D eigenvalue weighted by atomic mass is 10.1. The van der Waals surface area contributed by atoms with Crippen LogP contribution in [0.15, 0.2) is 42.5 Å². The molecule has 1 amide bonds. The van der Waals surface area contributed by atoms with Crippen LogP contribution in [0.5, 0.6) is 5.75 Å². The monoisotopic (exact) mass is 350 g/mol. The second-order valence-electron chi connectivity index (χ2n) is 6.14. The third kappa shape index (κ3) is 3.44. The molecule has 1 atom stereocenters. The molecule has 132 valence electrons. The highest BCUT2D eigenvalue weighted by atomic mass is 16.5. The van der Waals surface area contributed by atoms with Crippen LogP contribution in [0.1, 0.15) is 38.8 Å². The van der Waals surface area contributed by atoms with E-state index in [4.69, 9.17) is 14.7 Å². The van der Waals surface area contributed by atoms with Crippen LogP contribution in [0.4, 0.5) is 0 Å². The molecule has 6 nitrogen and oxygen atoms in total. The topological polar surface area (TPSA) is 79.6 Å². The van der Waals surface area contributed by atoms with Crippen molar-refractivity contribution >= 4 is 11.9 Å². The maximum atomic E-state index is 12.6. The molecule has 2 aromatic carbocycles. The lowest BCUT2D eigenvalue weighted by molar-refractivity contribution is 0.0587. The van der Waals surface area contributed by atoms with E-state index in [9.17, 15) is 9.59 Å². The van der Waals surface area contributed by atoms with Gasteiger partial charge in [0.25, 0.3) is 5.91 Å². The van der Waals surface area contributed by atoms with Crippen molar-refractivity contribution in [2.75, 3.05) is 13.7 Å². The molecule has 0 unspecified atom stereocenters. The average molecular weight is 350 g/mol. The number of esters is 1. The van der Waals surface area contributed by atoms with Crippen LogP contribution in [-0.2, 0) is 11.3 Å². The van der Waals surface area contributed by atoms with Crippen molar-refractivity contribution < 1.29 is 19.1 Å². The number of fused-ring (bicyclic) bond motifs is 1. The predicted molar refractivity (Wildman–Crippen MR) is 93.8 cm³/mol. The van der Waals surface area contributed by atoms with E-state index in [0.717, 1.165) is 5.56 Å². The van der Waals surface area contributed by atoms with E-state index >= 15 is 0 Å². The maximum Gasteiger partial charge on any atom is 0.343 e. The van der Waals surface area contributed by atoms with Gasteiger partial charge in [-0.1, -0.05) is 6.07 Å². The summed E-state index contributed by atoms with van der Waals surface area (Å²) in [5.74, 6) is -0.321. The molecule has 0 aliphatic carbocycles. The number of carbonyl (C=O) groups is 2. The first-order chi connectivity index (χ1) is 12.5. The number of nitriles is 1. The number of rotatable bonds is 5. The zero-order valence-corrected chi connectivity index (χ0v) is 14.6. The molecule has 0 radical (unpaired) electrons. The van der Waals surface area contributed by atoms with Gasteiger partial charge in [0.1, 0.15) is 5.75 Å². The summed E-state index contributed by atoms with van der Waals surface area (Å²) in [6.45, 7) is 2.90. The molecule has 0 aromatic heterocycles. The minimum absolute atomic E-state index is 0.0375. The first-order valence-corrected chi connectivity index (χ1v) is 8.18. The molecule has 1 aliphatic rings. The van der Waals surface area contributed by atoms with Gasteiger partial charge in [-0.25, -0.2) is 4.79 Å². The number of benzene rings is 2. The number of hydrogen-bond acceptors (Lipinski definition) is 5. The van der Waals surface area contributed by atoms with Gasteiger partial charge in [0.2, 0.25) is 0 Å². The van der Waals surface area contributed by atoms with Crippen molar-refractivity contribution in [2.24, 2.45) is 0 Å². The third-order valence-electron chi connectivity index (χ3n) is 4.31. The van der Waals surface area contributed by atoms with Gasteiger partial charge < -0.3 is 14.4 Å². The fraction of sp³-hybridized carbons (Fsp3) is 0.250. The molecule has 26 heavy (non-hydrogen) atoms. The molecule has 3 rings (SSSR count). The molecule has 0 saturated heterocycles. The van der Waals surface area contributed by atoms with E-state index in [1.165, 1.54) is 12.1 Å². The van der Waals surface area contributed by atoms with E-state index in [2.05, 4.69) is 0 Å². The first-order valence-electron chi connectivity index (χ1n) is 8.18. The Hall–Kier alpha value is -3.17. The number of ether oxygens (including phenoxy) is 2. The Balaban J connectivity index is 1.75. The standard InChI is InChI=1S/C20H18N2O4/c1-13(12-25-2)22-11-16-7-8-17(9-18(16)19(22)23)26-20(24)15-5-3-14(10-21)4-6-15/h3-9,13H,11-12H2,1-2H3/t13-/m0/s1. The summed E-state index contributed by atoms with van der Waals surface area (Å²) < 4.78 is 10.5. The van der Waals surface area contributed by atoms with Crippen molar-refractivity contribution in [1.29, 1.82) is 5.26 Å². The highest BCUT2D eigenvalue weighted by Gasteiger charge is 2.31. The van der Waals surface area contributed by atoms with Crippen molar-refractivity contribution in [3.8, 4) is 11.8 Å². The zero-order chi connectivity index (χ0) is 18.7. The zero-order valence-electron chi connectivity index (χ0n) is 14.6. The van der Waals surface area contributed by atoms with Crippen LogP contribution >= 0.6 is 0 Å². The summed E-state index contributed by atoms with van der Waals surface area (Å²) in [7, 11) is 1.60. The summed E-state index contributed by atoms with van der Waals surface area (Å²) >= 11 is 0. The van der Waals surface area contributed by atoms with Gasteiger partial charge in [0.05, 0.1) is 29.8 Å². The molecule has 0 fully saturated rings. The van der Waals surface area contributed by atoms with Gasteiger partial charge in [-0.3, -0.25) is 4.79 Å². The van der Waals surface area contributed by atoms with Gasteiger partial charge in [-0.2, -0.15) is 5.26 Å². The largest absolute Gasteiger partial charge is 0.423 e. The van der Waals surface area contributed by atoms with Crippen molar-refractivity contribution in [3.05, 3.63) is 64.7 Å². The molecule has 0 bridgehead atoms. The highest BCUT2D eigenvalue weighted by Crippen LogP contribution is 2.28. The molecule has 2 aromatic rings. The Kier molecular flexibility index (Phi) is 5.01. The van der Waals surface area contributed by atoms with Gasteiger partial charge in [0, 0.05) is 19.2 Å². The van der Waals surface area contributed by atoms with Crippen LogP contribution in [0, 0.1) is 11.3 Å². The molecule has 0 spiro atoms. The van der Waals surface area contributed by atoms with Gasteiger partial charge >= 0.3 is 5.97 Å². The fourth-order valence-corrected chi connectivity index (χ4v) is 2.90. The Morgan fingerprint density at radius 2 is 2.00 bits per heavy atom. The summed E-state index contributed by atoms with van der Waals surface area (Å²) in [5, 5.41) is 8.80. The summed E-state index contributed by atoms with van der Waals surface area (Å²) in [5.41, 5.74) is 2.25. The Labute approximate surface area is 151 Å². The lowest BCUT2D eigenvalue weighted by Crippen LogP contribution is -2.36. The average Bonchev–Trinajstić information content (AvgIpc) is 2.98. The first kappa shape index (κ1) is 17.6. The minimum Gasteiger partial charge on any atom is -0.423 e. The summed E-state index contributed by atoms with van der Waals surface area (Å²) in [6, 6.07) is 13.2. The van der Waals surface area contributed by atoms with E-state index in [-0.39, 0.29) is 11.9 Å². The SMILES string of the molecule is COC[C@H](C)N1Cc2ccc(OC(=O)c3ccc(C#N)cc3)cc2C1=O. The Morgan fingerprint density at radius 1 is 1.27 bits per heavy atom. The van der Waals surface area contributed by atoms with E-state index in [0.29, 0.717) is 35.6 Å². The Bertz CT molecular complexity index is 884. The van der Waals surface area contributed by atoms with Crippen LogP contribution in [0.2, 0.25) is 0 Å². The molecule has 1 heterocycles. The quantitative estimate of drug-likeness (QED) is 0.612. The van der Waals surface area contributed by atoms with Crippen molar-refractivity contribution in [1.82, 2.24) is 4.90 Å². The summed E-state index contributed by atoms with van der Waals surface area (Å²) in [4.78, 5) is 26.6. The van der Waals surface area contributed by atoms with Gasteiger partial charge in [0.15, 0.2) is 0 Å². The third-order valence-corrected chi connectivity index (χ3v) is 4.31. The second kappa shape index (κ2) is 7.38. The van der Waals surface area contributed by atoms with Crippen LogP contribution in [0.3, 0.4) is 0 Å². The van der Waals surface area contributed by atoms with Crippen molar-refractivity contribution in [3.63, 3.8) is 0 Å².